The molecule has 0 radical (unpaired) electrons. The number of rotatable bonds is 6. The molecule has 0 aliphatic rings. The van der Waals surface area contributed by atoms with Gasteiger partial charge in [-0.3, -0.25) is 9.69 Å². The number of para-hydroxylation sites is 1. The Labute approximate surface area is 185 Å². The number of carbonyl (C=O) groups excluding carboxylic acids is 1. The van der Waals surface area contributed by atoms with Crippen LogP contribution in [0.25, 0.3) is 10.2 Å². The molecule has 0 N–H and O–H groups in total. The number of anilines is 1. The molecule has 0 aliphatic heterocycles. The molecule has 0 bridgehead atoms. The SMILES string of the molecule is Cc1cccc2sc(N(Cc3ccco3)C(=O)c3cccc(S(=O)(=O)C(C)C)c3)nc12. The summed E-state index contributed by atoms with van der Waals surface area (Å²) in [4.78, 5) is 19.9. The number of aromatic nitrogens is 1. The van der Waals surface area contributed by atoms with Crippen LogP contribution in [-0.2, 0) is 16.4 Å². The quantitative estimate of drug-likeness (QED) is 0.399. The van der Waals surface area contributed by atoms with Crippen LogP contribution in [0.15, 0.2) is 70.2 Å². The molecule has 2 aromatic carbocycles. The van der Waals surface area contributed by atoms with E-state index in [2.05, 4.69) is 0 Å². The average molecular weight is 455 g/mol. The van der Waals surface area contributed by atoms with Crippen molar-refractivity contribution in [2.75, 3.05) is 4.90 Å². The Balaban J connectivity index is 1.78. The molecule has 4 aromatic rings. The molecule has 2 heterocycles. The monoisotopic (exact) mass is 454 g/mol. The lowest BCUT2D eigenvalue weighted by atomic mass is 10.2. The standard InChI is InChI=1S/C23H22N2O4S2/c1-15(2)31(27,28)19-10-5-8-17(13-19)22(26)25(14-18-9-6-12-29-18)23-24-21-16(3)7-4-11-20(21)30-23/h4-13,15H,14H2,1-3H3. The minimum atomic E-state index is -3.50. The number of carbonyl (C=O) groups is 1. The number of fused-ring (bicyclic) bond motifs is 1. The Hall–Kier alpha value is -2.97. The number of thiazole rings is 1. The smallest absolute Gasteiger partial charge is 0.260 e. The topological polar surface area (TPSA) is 80.5 Å². The highest BCUT2D eigenvalue weighted by Gasteiger charge is 2.25. The third-order valence-corrected chi connectivity index (χ3v) is 8.21. The van der Waals surface area contributed by atoms with Gasteiger partial charge in [0.15, 0.2) is 15.0 Å². The Kier molecular flexibility index (Phi) is 5.68. The lowest BCUT2D eigenvalue weighted by molar-refractivity contribution is 0.0983. The molecule has 8 heteroatoms. The van der Waals surface area contributed by atoms with E-state index < -0.39 is 15.1 Å². The lowest BCUT2D eigenvalue weighted by Crippen LogP contribution is -2.30. The molecule has 4 rings (SSSR count). The predicted octanol–water partition coefficient (Wildman–Crippen LogP) is 5.23. The average Bonchev–Trinajstić information content (AvgIpc) is 3.42. The van der Waals surface area contributed by atoms with Gasteiger partial charge in [-0.15, -0.1) is 0 Å². The zero-order chi connectivity index (χ0) is 22.2. The summed E-state index contributed by atoms with van der Waals surface area (Å²) in [5.74, 6) is 0.268. The summed E-state index contributed by atoms with van der Waals surface area (Å²) in [7, 11) is -3.50. The number of nitrogens with zero attached hydrogens (tertiary/aromatic N) is 2. The van der Waals surface area contributed by atoms with Crippen LogP contribution in [0.4, 0.5) is 5.13 Å². The van der Waals surface area contributed by atoms with Gasteiger partial charge in [-0.25, -0.2) is 13.4 Å². The van der Waals surface area contributed by atoms with Crippen LogP contribution in [0, 0.1) is 6.92 Å². The number of hydrogen-bond donors (Lipinski definition) is 0. The van der Waals surface area contributed by atoms with E-state index in [-0.39, 0.29) is 22.9 Å². The van der Waals surface area contributed by atoms with Gasteiger partial charge in [0.1, 0.15) is 5.76 Å². The van der Waals surface area contributed by atoms with E-state index in [1.165, 1.54) is 28.4 Å². The molecule has 2 aromatic heterocycles. The van der Waals surface area contributed by atoms with Gasteiger partial charge in [-0.1, -0.05) is 29.5 Å². The molecular weight excluding hydrogens is 432 g/mol. The van der Waals surface area contributed by atoms with E-state index in [0.717, 1.165) is 15.8 Å². The Bertz CT molecular complexity index is 1340. The van der Waals surface area contributed by atoms with E-state index in [9.17, 15) is 13.2 Å². The van der Waals surface area contributed by atoms with E-state index >= 15 is 0 Å². The van der Waals surface area contributed by atoms with E-state index in [4.69, 9.17) is 9.40 Å². The highest BCUT2D eigenvalue weighted by atomic mass is 32.2. The highest BCUT2D eigenvalue weighted by molar-refractivity contribution is 7.92. The number of amides is 1. The molecule has 0 aliphatic carbocycles. The van der Waals surface area contributed by atoms with Crippen LogP contribution in [0.2, 0.25) is 0 Å². The normalized spacial score (nSPS) is 11.9. The van der Waals surface area contributed by atoms with E-state index in [1.807, 2.05) is 25.1 Å². The van der Waals surface area contributed by atoms with Gasteiger partial charge in [-0.05, 0) is 62.7 Å². The Morgan fingerprint density at radius 2 is 1.90 bits per heavy atom. The fraction of sp³-hybridized carbons (Fsp3) is 0.217. The van der Waals surface area contributed by atoms with Crippen molar-refractivity contribution in [3.63, 3.8) is 0 Å². The van der Waals surface area contributed by atoms with Gasteiger partial charge < -0.3 is 4.42 Å². The van der Waals surface area contributed by atoms with Crippen molar-refractivity contribution in [1.29, 1.82) is 0 Å². The van der Waals surface area contributed by atoms with Crippen molar-refractivity contribution in [3.05, 3.63) is 77.7 Å². The zero-order valence-electron chi connectivity index (χ0n) is 17.4. The fourth-order valence-corrected chi connectivity index (χ4v) is 5.35. The van der Waals surface area contributed by atoms with Crippen LogP contribution in [0.1, 0.15) is 35.5 Å². The van der Waals surface area contributed by atoms with Gasteiger partial charge in [-0.2, -0.15) is 0 Å². The number of aryl methyl sites for hydroxylation is 1. The largest absolute Gasteiger partial charge is 0.467 e. The fourth-order valence-electron chi connectivity index (χ4n) is 3.21. The molecule has 0 saturated heterocycles. The summed E-state index contributed by atoms with van der Waals surface area (Å²) in [6, 6.07) is 15.6. The van der Waals surface area contributed by atoms with Crippen LogP contribution in [-0.4, -0.2) is 24.6 Å². The van der Waals surface area contributed by atoms with E-state index in [1.54, 1.807) is 44.4 Å². The van der Waals surface area contributed by atoms with Gasteiger partial charge >= 0.3 is 0 Å². The van der Waals surface area contributed by atoms with Crippen LogP contribution < -0.4 is 4.90 Å². The molecule has 160 valence electrons. The molecular formula is C23H22N2O4S2. The number of benzene rings is 2. The van der Waals surface area contributed by atoms with Gasteiger partial charge in [0.2, 0.25) is 0 Å². The summed E-state index contributed by atoms with van der Waals surface area (Å²) in [5, 5.41) is -0.0490. The van der Waals surface area contributed by atoms with Crippen molar-refractivity contribution in [1.82, 2.24) is 4.98 Å². The maximum Gasteiger partial charge on any atom is 0.260 e. The first kappa shape index (κ1) is 21.3. The minimum absolute atomic E-state index is 0.131. The molecule has 0 unspecified atom stereocenters. The van der Waals surface area contributed by atoms with Gasteiger partial charge in [0, 0.05) is 5.56 Å². The second kappa shape index (κ2) is 8.28. The van der Waals surface area contributed by atoms with Crippen molar-refractivity contribution in [2.45, 2.75) is 37.5 Å². The Morgan fingerprint density at radius 3 is 2.58 bits per heavy atom. The number of hydrogen-bond acceptors (Lipinski definition) is 6. The van der Waals surface area contributed by atoms with Gasteiger partial charge in [0.05, 0.1) is 33.2 Å². The van der Waals surface area contributed by atoms with Crippen LogP contribution in [0.5, 0.6) is 0 Å². The summed E-state index contributed by atoms with van der Waals surface area (Å²) in [5.41, 5.74) is 2.15. The predicted molar refractivity (Wildman–Crippen MR) is 122 cm³/mol. The molecule has 0 atom stereocenters. The zero-order valence-corrected chi connectivity index (χ0v) is 19.0. The number of furan rings is 1. The first-order chi connectivity index (χ1) is 14.8. The third kappa shape index (κ3) is 4.13. The summed E-state index contributed by atoms with van der Waals surface area (Å²) < 4.78 is 31.7. The molecule has 6 nitrogen and oxygen atoms in total. The molecule has 0 spiro atoms. The first-order valence-electron chi connectivity index (χ1n) is 9.81. The maximum absolute atomic E-state index is 13.5. The Morgan fingerprint density at radius 1 is 1.13 bits per heavy atom. The second-order valence-electron chi connectivity index (χ2n) is 7.51. The van der Waals surface area contributed by atoms with Crippen LogP contribution >= 0.6 is 11.3 Å². The summed E-state index contributed by atoms with van der Waals surface area (Å²) >= 11 is 1.41. The minimum Gasteiger partial charge on any atom is -0.467 e. The lowest BCUT2D eigenvalue weighted by Gasteiger charge is -2.19. The van der Waals surface area contributed by atoms with Crippen LogP contribution in [0.3, 0.4) is 0 Å². The molecule has 0 saturated carbocycles. The van der Waals surface area contributed by atoms with E-state index in [0.29, 0.717) is 10.9 Å². The first-order valence-corrected chi connectivity index (χ1v) is 12.2. The molecule has 0 fully saturated rings. The second-order valence-corrected chi connectivity index (χ2v) is 11.0. The molecule has 31 heavy (non-hydrogen) atoms. The van der Waals surface area contributed by atoms with Crippen molar-refractivity contribution < 1.29 is 17.6 Å². The summed E-state index contributed by atoms with van der Waals surface area (Å²) in [6.07, 6.45) is 1.55. The van der Waals surface area contributed by atoms with Crippen molar-refractivity contribution >= 4 is 42.4 Å². The molecule has 1 amide bonds. The highest BCUT2D eigenvalue weighted by Crippen LogP contribution is 2.32. The van der Waals surface area contributed by atoms with Crippen molar-refractivity contribution in [3.8, 4) is 0 Å². The maximum atomic E-state index is 13.5. The summed E-state index contributed by atoms with van der Waals surface area (Å²) in [6.45, 7) is 5.41. The third-order valence-electron chi connectivity index (χ3n) is 5.01. The van der Waals surface area contributed by atoms with Gasteiger partial charge in [0.25, 0.3) is 5.91 Å². The number of sulfone groups is 1. The van der Waals surface area contributed by atoms with Crippen molar-refractivity contribution in [2.24, 2.45) is 0 Å².